The molecular formula is C15H22N4O2. The molecule has 0 bridgehead atoms. The van der Waals surface area contributed by atoms with E-state index < -0.39 is 5.60 Å². The fourth-order valence-corrected chi connectivity index (χ4v) is 3.35. The lowest BCUT2D eigenvalue weighted by Gasteiger charge is -2.41. The molecule has 1 atom stereocenters. The van der Waals surface area contributed by atoms with Crippen molar-refractivity contribution < 1.29 is 9.90 Å². The van der Waals surface area contributed by atoms with E-state index in [1.165, 1.54) is 12.8 Å². The summed E-state index contributed by atoms with van der Waals surface area (Å²) in [5.74, 6) is -0.136. The number of rotatable bonds is 3. The SMILES string of the molecule is O=C(c1cccnn1)N1CCC[C@@](O)(CN2CCCC2)C1. The highest BCUT2D eigenvalue weighted by atomic mass is 16.3. The zero-order valence-electron chi connectivity index (χ0n) is 12.2. The Morgan fingerprint density at radius 1 is 1.29 bits per heavy atom. The van der Waals surface area contributed by atoms with Crippen molar-refractivity contribution in [2.75, 3.05) is 32.7 Å². The van der Waals surface area contributed by atoms with E-state index in [2.05, 4.69) is 15.1 Å². The van der Waals surface area contributed by atoms with Crippen molar-refractivity contribution in [3.63, 3.8) is 0 Å². The minimum Gasteiger partial charge on any atom is -0.387 e. The molecule has 21 heavy (non-hydrogen) atoms. The minimum absolute atomic E-state index is 0.136. The highest BCUT2D eigenvalue weighted by Crippen LogP contribution is 2.24. The standard InChI is InChI=1S/C15H22N4O2/c20-14(13-5-3-7-16-17-13)19-10-4-6-15(21,12-19)11-18-8-1-2-9-18/h3,5,7,21H,1-2,4,6,8-12H2/t15-/m1/s1. The normalized spacial score (nSPS) is 27.0. The number of hydrogen-bond donors (Lipinski definition) is 1. The topological polar surface area (TPSA) is 69.6 Å². The van der Waals surface area contributed by atoms with Crippen LogP contribution in [-0.2, 0) is 0 Å². The monoisotopic (exact) mass is 290 g/mol. The zero-order chi connectivity index (χ0) is 14.7. The number of aromatic nitrogens is 2. The van der Waals surface area contributed by atoms with Crippen LogP contribution >= 0.6 is 0 Å². The first-order valence-corrected chi connectivity index (χ1v) is 7.68. The summed E-state index contributed by atoms with van der Waals surface area (Å²) >= 11 is 0. The second-order valence-corrected chi connectivity index (χ2v) is 6.15. The van der Waals surface area contributed by atoms with Gasteiger partial charge in [-0.2, -0.15) is 5.10 Å². The molecule has 3 rings (SSSR count). The second-order valence-electron chi connectivity index (χ2n) is 6.15. The summed E-state index contributed by atoms with van der Waals surface area (Å²) in [4.78, 5) is 16.4. The molecule has 1 amide bonds. The van der Waals surface area contributed by atoms with Crippen molar-refractivity contribution in [1.82, 2.24) is 20.0 Å². The van der Waals surface area contributed by atoms with Crippen molar-refractivity contribution >= 4 is 5.91 Å². The van der Waals surface area contributed by atoms with Crippen LogP contribution in [0, 0.1) is 0 Å². The lowest BCUT2D eigenvalue weighted by atomic mass is 9.92. The fourth-order valence-electron chi connectivity index (χ4n) is 3.35. The molecule has 0 aliphatic carbocycles. The van der Waals surface area contributed by atoms with Crippen LogP contribution in [0.3, 0.4) is 0 Å². The Labute approximate surface area is 124 Å². The van der Waals surface area contributed by atoms with E-state index in [0.29, 0.717) is 25.3 Å². The average Bonchev–Trinajstić information content (AvgIpc) is 2.99. The van der Waals surface area contributed by atoms with Crippen molar-refractivity contribution in [1.29, 1.82) is 0 Å². The molecule has 0 radical (unpaired) electrons. The Hall–Kier alpha value is -1.53. The third-order valence-corrected chi connectivity index (χ3v) is 4.35. The lowest BCUT2D eigenvalue weighted by Crippen LogP contribution is -2.55. The number of carbonyl (C=O) groups excluding carboxylic acids is 1. The molecule has 0 aromatic carbocycles. The van der Waals surface area contributed by atoms with Gasteiger partial charge in [0.25, 0.3) is 5.91 Å². The van der Waals surface area contributed by atoms with E-state index in [1.54, 1.807) is 23.2 Å². The first kappa shape index (κ1) is 14.4. The molecule has 0 spiro atoms. The Balaban J connectivity index is 1.66. The molecule has 2 fully saturated rings. The van der Waals surface area contributed by atoms with Gasteiger partial charge in [0.1, 0.15) is 0 Å². The third kappa shape index (κ3) is 3.39. The molecule has 6 nitrogen and oxygen atoms in total. The van der Waals surface area contributed by atoms with Crippen LogP contribution in [0.5, 0.6) is 0 Å². The Morgan fingerprint density at radius 2 is 2.10 bits per heavy atom. The molecule has 2 saturated heterocycles. The van der Waals surface area contributed by atoms with E-state index in [9.17, 15) is 9.90 Å². The van der Waals surface area contributed by atoms with Crippen LogP contribution in [0.4, 0.5) is 0 Å². The molecule has 1 aromatic heterocycles. The van der Waals surface area contributed by atoms with Gasteiger partial charge in [-0.3, -0.25) is 4.79 Å². The highest BCUT2D eigenvalue weighted by molar-refractivity contribution is 5.92. The Bertz CT molecular complexity index is 490. The highest BCUT2D eigenvalue weighted by Gasteiger charge is 2.37. The first-order chi connectivity index (χ1) is 10.2. The average molecular weight is 290 g/mol. The Morgan fingerprint density at radius 3 is 2.81 bits per heavy atom. The van der Waals surface area contributed by atoms with Crippen LogP contribution in [0.1, 0.15) is 36.2 Å². The number of amides is 1. The van der Waals surface area contributed by atoms with Crippen LogP contribution in [0.15, 0.2) is 18.3 Å². The quantitative estimate of drug-likeness (QED) is 0.880. The fraction of sp³-hybridized carbons (Fsp3) is 0.667. The number of β-amino-alcohol motifs (C(OH)–C–C–N with tert-alkyl or cyclic N) is 1. The summed E-state index contributed by atoms with van der Waals surface area (Å²) in [6.45, 7) is 3.84. The maximum absolute atomic E-state index is 12.4. The molecule has 1 aromatic rings. The molecule has 1 N–H and O–H groups in total. The molecule has 2 aliphatic heterocycles. The van der Waals surface area contributed by atoms with Gasteiger partial charge >= 0.3 is 0 Å². The predicted molar refractivity (Wildman–Crippen MR) is 77.8 cm³/mol. The van der Waals surface area contributed by atoms with Gasteiger partial charge in [0.2, 0.25) is 0 Å². The predicted octanol–water partition coefficient (Wildman–Crippen LogP) is 0.539. The number of aliphatic hydroxyl groups is 1. The van der Waals surface area contributed by atoms with Crippen molar-refractivity contribution in [2.24, 2.45) is 0 Å². The van der Waals surface area contributed by atoms with E-state index in [4.69, 9.17) is 0 Å². The number of piperidine rings is 1. The van der Waals surface area contributed by atoms with Gasteiger partial charge in [-0.1, -0.05) is 0 Å². The first-order valence-electron chi connectivity index (χ1n) is 7.68. The number of hydrogen-bond acceptors (Lipinski definition) is 5. The summed E-state index contributed by atoms with van der Waals surface area (Å²) in [7, 11) is 0. The molecule has 0 unspecified atom stereocenters. The number of likely N-dealkylation sites (tertiary alicyclic amines) is 2. The van der Waals surface area contributed by atoms with E-state index in [0.717, 1.165) is 25.9 Å². The van der Waals surface area contributed by atoms with Gasteiger partial charge in [-0.05, 0) is 50.9 Å². The molecule has 6 heteroatoms. The zero-order valence-corrected chi connectivity index (χ0v) is 12.2. The van der Waals surface area contributed by atoms with Gasteiger partial charge in [0.15, 0.2) is 5.69 Å². The van der Waals surface area contributed by atoms with E-state index in [-0.39, 0.29) is 5.91 Å². The maximum atomic E-state index is 12.4. The molecule has 0 saturated carbocycles. The van der Waals surface area contributed by atoms with Crippen LogP contribution in [0.25, 0.3) is 0 Å². The summed E-state index contributed by atoms with van der Waals surface area (Å²) in [6, 6.07) is 3.38. The number of nitrogens with zero attached hydrogens (tertiary/aromatic N) is 4. The summed E-state index contributed by atoms with van der Waals surface area (Å²) in [5, 5.41) is 18.4. The van der Waals surface area contributed by atoms with Crippen LogP contribution in [0.2, 0.25) is 0 Å². The summed E-state index contributed by atoms with van der Waals surface area (Å²) in [6.07, 6.45) is 5.55. The van der Waals surface area contributed by atoms with Gasteiger partial charge in [0, 0.05) is 19.3 Å². The van der Waals surface area contributed by atoms with Gasteiger partial charge in [0.05, 0.1) is 12.1 Å². The third-order valence-electron chi connectivity index (χ3n) is 4.35. The maximum Gasteiger partial charge on any atom is 0.274 e. The molecule has 3 heterocycles. The number of carbonyl (C=O) groups is 1. The lowest BCUT2D eigenvalue weighted by molar-refractivity contribution is -0.0432. The van der Waals surface area contributed by atoms with Crippen molar-refractivity contribution in [2.45, 2.75) is 31.3 Å². The van der Waals surface area contributed by atoms with Crippen molar-refractivity contribution in [3.05, 3.63) is 24.0 Å². The van der Waals surface area contributed by atoms with Gasteiger partial charge < -0.3 is 14.9 Å². The van der Waals surface area contributed by atoms with E-state index >= 15 is 0 Å². The Kier molecular flexibility index (Phi) is 4.17. The molecule has 2 aliphatic rings. The van der Waals surface area contributed by atoms with E-state index in [1.807, 2.05) is 0 Å². The largest absolute Gasteiger partial charge is 0.387 e. The second kappa shape index (κ2) is 6.07. The molecule has 114 valence electrons. The van der Waals surface area contributed by atoms with Crippen molar-refractivity contribution in [3.8, 4) is 0 Å². The smallest absolute Gasteiger partial charge is 0.274 e. The van der Waals surface area contributed by atoms with Crippen LogP contribution in [-0.4, -0.2) is 69.3 Å². The summed E-state index contributed by atoms with van der Waals surface area (Å²) in [5.41, 5.74) is -0.441. The van der Waals surface area contributed by atoms with Gasteiger partial charge in [-0.25, -0.2) is 0 Å². The van der Waals surface area contributed by atoms with Gasteiger partial charge in [-0.15, -0.1) is 5.10 Å². The van der Waals surface area contributed by atoms with Crippen LogP contribution < -0.4 is 0 Å². The summed E-state index contributed by atoms with van der Waals surface area (Å²) < 4.78 is 0. The molecular weight excluding hydrogens is 268 g/mol. The minimum atomic E-state index is -0.791.